The van der Waals surface area contributed by atoms with Crippen LogP contribution in [-0.4, -0.2) is 12.1 Å². The molecule has 0 heterocycles. The highest BCUT2D eigenvalue weighted by atomic mass is 79.9. The first-order valence-electron chi connectivity index (χ1n) is 4.28. The Morgan fingerprint density at radius 3 is 1.86 bits per heavy atom. The number of carbonyl (C=O) groups is 1. The number of rotatable bonds is 1. The van der Waals surface area contributed by atoms with Gasteiger partial charge < -0.3 is 4.74 Å². The lowest BCUT2D eigenvalue weighted by Gasteiger charge is -2.14. The first-order valence-corrected chi connectivity index (χ1v) is 5.07. The summed E-state index contributed by atoms with van der Waals surface area (Å²) in [6.07, 6.45) is 0. The average molecular weight is 259 g/mol. The zero-order valence-electron chi connectivity index (χ0n) is 8.66. The molecule has 1 aromatic rings. The summed E-state index contributed by atoms with van der Waals surface area (Å²) < 4.78 is 5.68. The number of benzene rings is 1. The first-order chi connectivity index (χ1) is 6.45. The molecule has 0 fully saturated rings. The smallest absolute Gasteiger partial charge is 0.293 e. The largest absolute Gasteiger partial charge is 0.462 e. The Bertz CT molecular complexity index is 252. The molecule has 0 spiro atoms. The van der Waals surface area contributed by atoms with Gasteiger partial charge in [0.1, 0.15) is 5.60 Å². The molecule has 0 saturated carbocycles. The van der Waals surface area contributed by atoms with Gasteiger partial charge in [0.15, 0.2) is 0 Å². The molecule has 2 nitrogen and oxygen atoms in total. The van der Waals surface area contributed by atoms with E-state index in [1.807, 2.05) is 51.1 Å². The van der Waals surface area contributed by atoms with Crippen LogP contribution in [0.25, 0.3) is 0 Å². The van der Waals surface area contributed by atoms with Crippen molar-refractivity contribution >= 4 is 22.4 Å². The van der Waals surface area contributed by atoms with Crippen molar-refractivity contribution in [2.75, 3.05) is 0 Å². The number of halogens is 1. The Labute approximate surface area is 93.4 Å². The fraction of sp³-hybridized carbons (Fsp3) is 0.364. The van der Waals surface area contributed by atoms with Crippen LogP contribution in [0.1, 0.15) is 20.8 Å². The Morgan fingerprint density at radius 2 is 1.71 bits per heavy atom. The molecule has 0 unspecified atom stereocenters. The molecule has 0 aliphatic carbocycles. The van der Waals surface area contributed by atoms with E-state index in [9.17, 15) is 4.79 Å². The van der Waals surface area contributed by atoms with Crippen LogP contribution in [-0.2, 0) is 9.53 Å². The van der Waals surface area contributed by atoms with Gasteiger partial charge in [0.25, 0.3) is 6.47 Å². The van der Waals surface area contributed by atoms with Gasteiger partial charge in [-0.15, -0.1) is 0 Å². The highest BCUT2D eigenvalue weighted by Gasteiger charge is 2.07. The monoisotopic (exact) mass is 258 g/mol. The Balaban J connectivity index is 0.000000241. The lowest BCUT2D eigenvalue weighted by atomic mass is 10.2. The molecule has 0 aromatic heterocycles. The van der Waals surface area contributed by atoms with Gasteiger partial charge in [-0.25, -0.2) is 0 Å². The lowest BCUT2D eigenvalue weighted by molar-refractivity contribution is -0.138. The molecule has 0 aliphatic heterocycles. The van der Waals surface area contributed by atoms with Crippen molar-refractivity contribution in [1.29, 1.82) is 0 Å². The predicted molar refractivity (Wildman–Crippen MR) is 61.0 cm³/mol. The summed E-state index contributed by atoms with van der Waals surface area (Å²) in [5.41, 5.74) is -0.318. The van der Waals surface area contributed by atoms with Crippen LogP contribution in [0.3, 0.4) is 0 Å². The highest BCUT2D eigenvalue weighted by Crippen LogP contribution is 2.05. The third kappa shape index (κ3) is 9.26. The van der Waals surface area contributed by atoms with E-state index in [1.165, 1.54) is 0 Å². The summed E-state index contributed by atoms with van der Waals surface area (Å²) in [4.78, 5) is 9.60. The third-order valence-corrected chi connectivity index (χ3v) is 1.66. The molecule has 1 aromatic carbocycles. The highest BCUT2D eigenvalue weighted by molar-refractivity contribution is 9.10. The minimum atomic E-state index is -0.318. The van der Waals surface area contributed by atoms with Crippen molar-refractivity contribution in [2.24, 2.45) is 0 Å². The predicted octanol–water partition coefficient (Wildman–Crippen LogP) is 3.41. The van der Waals surface area contributed by atoms with E-state index in [-0.39, 0.29) is 5.60 Å². The topological polar surface area (TPSA) is 26.3 Å². The number of carbonyl (C=O) groups excluding carboxylic acids is 1. The zero-order chi connectivity index (χ0) is 11.0. The molecule has 0 aliphatic rings. The van der Waals surface area contributed by atoms with Gasteiger partial charge >= 0.3 is 0 Å². The van der Waals surface area contributed by atoms with Crippen LogP contribution in [0.4, 0.5) is 0 Å². The van der Waals surface area contributed by atoms with Gasteiger partial charge in [0, 0.05) is 4.47 Å². The van der Waals surface area contributed by atoms with Gasteiger partial charge in [-0.1, -0.05) is 34.1 Å². The molecule has 0 radical (unpaired) electrons. The molecular weight excluding hydrogens is 244 g/mol. The number of hydrogen-bond acceptors (Lipinski definition) is 2. The molecule has 14 heavy (non-hydrogen) atoms. The molecule has 3 heteroatoms. The van der Waals surface area contributed by atoms with Crippen LogP contribution < -0.4 is 0 Å². The van der Waals surface area contributed by atoms with E-state index >= 15 is 0 Å². The maximum absolute atomic E-state index is 9.60. The quantitative estimate of drug-likeness (QED) is 0.722. The second-order valence-corrected chi connectivity index (χ2v) is 4.54. The second kappa shape index (κ2) is 6.60. The summed E-state index contributed by atoms with van der Waals surface area (Å²) in [5.74, 6) is 0. The van der Waals surface area contributed by atoms with Gasteiger partial charge in [-0.2, -0.15) is 0 Å². The molecule has 0 saturated heterocycles. The maximum atomic E-state index is 9.60. The minimum absolute atomic E-state index is 0.318. The van der Waals surface area contributed by atoms with Gasteiger partial charge in [0.2, 0.25) is 0 Å². The molecule has 0 atom stereocenters. The minimum Gasteiger partial charge on any atom is -0.462 e. The summed E-state index contributed by atoms with van der Waals surface area (Å²) in [6, 6.07) is 9.97. The van der Waals surface area contributed by atoms with Crippen LogP contribution in [0, 0.1) is 0 Å². The Kier molecular flexibility index (Phi) is 6.21. The van der Waals surface area contributed by atoms with Gasteiger partial charge in [-0.05, 0) is 32.9 Å². The standard InChI is InChI=1S/C6H5Br.C5H10O2/c7-6-4-2-1-3-5-6;1-5(2,3)7-4-6/h1-5H;4H,1-3H3. The van der Waals surface area contributed by atoms with Crippen LogP contribution in [0.5, 0.6) is 0 Å². The number of hydrogen-bond donors (Lipinski definition) is 0. The van der Waals surface area contributed by atoms with E-state index in [1.54, 1.807) is 0 Å². The zero-order valence-corrected chi connectivity index (χ0v) is 10.2. The molecular formula is C11H15BrO2. The molecule has 0 N–H and O–H groups in total. The summed E-state index contributed by atoms with van der Waals surface area (Å²) >= 11 is 3.31. The van der Waals surface area contributed by atoms with E-state index in [4.69, 9.17) is 0 Å². The lowest BCUT2D eigenvalue weighted by Crippen LogP contribution is -2.17. The molecule has 0 bridgehead atoms. The summed E-state index contributed by atoms with van der Waals surface area (Å²) in [6.45, 7) is 5.92. The van der Waals surface area contributed by atoms with E-state index in [0.717, 1.165) is 4.47 Å². The van der Waals surface area contributed by atoms with Crippen molar-refractivity contribution in [3.8, 4) is 0 Å². The average Bonchev–Trinajstić information content (AvgIpc) is 2.04. The van der Waals surface area contributed by atoms with E-state index < -0.39 is 0 Å². The fourth-order valence-electron chi connectivity index (χ4n) is 0.559. The second-order valence-electron chi connectivity index (χ2n) is 3.62. The summed E-state index contributed by atoms with van der Waals surface area (Å²) in [5, 5.41) is 0. The van der Waals surface area contributed by atoms with Crippen LogP contribution in [0.15, 0.2) is 34.8 Å². The van der Waals surface area contributed by atoms with Crippen molar-refractivity contribution in [1.82, 2.24) is 0 Å². The van der Waals surface area contributed by atoms with E-state index in [0.29, 0.717) is 6.47 Å². The third-order valence-electron chi connectivity index (χ3n) is 1.13. The SMILES string of the molecule is Brc1ccccc1.CC(C)(C)OC=O. The number of ether oxygens (including phenoxy) is 1. The Hall–Kier alpha value is -0.830. The van der Waals surface area contributed by atoms with Crippen molar-refractivity contribution in [2.45, 2.75) is 26.4 Å². The van der Waals surface area contributed by atoms with Crippen molar-refractivity contribution in [3.05, 3.63) is 34.8 Å². The first kappa shape index (κ1) is 13.2. The van der Waals surface area contributed by atoms with Gasteiger partial charge in [0.05, 0.1) is 0 Å². The van der Waals surface area contributed by atoms with E-state index in [2.05, 4.69) is 20.7 Å². The van der Waals surface area contributed by atoms with Crippen molar-refractivity contribution < 1.29 is 9.53 Å². The van der Waals surface area contributed by atoms with Gasteiger partial charge in [-0.3, -0.25) is 4.79 Å². The maximum Gasteiger partial charge on any atom is 0.293 e. The normalized spacial score (nSPS) is 9.71. The summed E-state index contributed by atoms with van der Waals surface area (Å²) in [7, 11) is 0. The molecule has 1 rings (SSSR count). The van der Waals surface area contributed by atoms with Crippen LogP contribution in [0.2, 0.25) is 0 Å². The Morgan fingerprint density at radius 1 is 1.21 bits per heavy atom. The fourth-order valence-corrected chi connectivity index (χ4v) is 0.864. The molecule has 78 valence electrons. The van der Waals surface area contributed by atoms with Crippen molar-refractivity contribution in [3.63, 3.8) is 0 Å². The van der Waals surface area contributed by atoms with Crippen LogP contribution >= 0.6 is 15.9 Å². The molecule has 0 amide bonds.